The molecule has 22 heavy (non-hydrogen) atoms. The summed E-state index contributed by atoms with van der Waals surface area (Å²) in [6.07, 6.45) is 1.17. The fourth-order valence-corrected chi connectivity index (χ4v) is 2.05. The van der Waals surface area contributed by atoms with Gasteiger partial charge in [-0.25, -0.2) is 0 Å². The summed E-state index contributed by atoms with van der Waals surface area (Å²) in [7, 11) is 1.83. The van der Waals surface area contributed by atoms with Crippen molar-refractivity contribution in [1.82, 2.24) is 4.90 Å². The molecule has 0 aliphatic rings. The zero-order valence-electron chi connectivity index (χ0n) is 13.6. The fraction of sp³-hybridized carbons (Fsp3) is 0.316. The van der Waals surface area contributed by atoms with Crippen molar-refractivity contribution in [3.8, 4) is 5.75 Å². The molecule has 0 atom stereocenters. The molecule has 1 amide bonds. The smallest absolute Gasteiger partial charge is 0.222 e. The topological polar surface area (TPSA) is 40.5 Å². The summed E-state index contributed by atoms with van der Waals surface area (Å²) < 4.78 is 0. The number of aromatic hydroxyl groups is 1. The molecule has 0 unspecified atom stereocenters. The number of hydrogen-bond acceptors (Lipinski definition) is 2. The molecule has 2 aromatic rings. The first-order valence-electron chi connectivity index (χ1n) is 7.71. The summed E-state index contributed by atoms with van der Waals surface area (Å²) in [6.45, 7) is 4.63. The normalized spacial score (nSPS) is 9.59. The Morgan fingerprint density at radius 1 is 0.955 bits per heavy atom. The van der Waals surface area contributed by atoms with Gasteiger partial charge >= 0.3 is 0 Å². The molecule has 0 aromatic heterocycles. The number of aryl methyl sites for hydroxylation is 1. The molecule has 118 valence electrons. The quantitative estimate of drug-likeness (QED) is 0.906. The van der Waals surface area contributed by atoms with Crippen molar-refractivity contribution in [1.29, 1.82) is 0 Å². The Balaban J connectivity index is 0.00000116. The van der Waals surface area contributed by atoms with Crippen molar-refractivity contribution in [3.63, 3.8) is 0 Å². The second-order valence-corrected chi connectivity index (χ2v) is 4.90. The molecule has 0 saturated heterocycles. The first kappa shape index (κ1) is 17.8. The fourth-order valence-electron chi connectivity index (χ4n) is 2.05. The predicted molar refractivity (Wildman–Crippen MR) is 90.7 cm³/mol. The van der Waals surface area contributed by atoms with Crippen LogP contribution >= 0.6 is 0 Å². The van der Waals surface area contributed by atoms with Gasteiger partial charge in [0.25, 0.3) is 0 Å². The number of nitrogens with zero attached hydrogens (tertiary/aromatic N) is 1. The van der Waals surface area contributed by atoms with Gasteiger partial charge in [0.05, 0.1) is 0 Å². The van der Waals surface area contributed by atoms with E-state index in [1.807, 2.05) is 63.4 Å². The maximum atomic E-state index is 12.1. The molecule has 0 aliphatic heterocycles. The van der Waals surface area contributed by atoms with E-state index in [4.69, 9.17) is 0 Å². The summed E-state index contributed by atoms with van der Waals surface area (Å²) in [6, 6.07) is 16.9. The maximum absolute atomic E-state index is 12.1. The molecular weight excluding hydrogens is 274 g/mol. The second-order valence-electron chi connectivity index (χ2n) is 4.90. The molecule has 2 aromatic carbocycles. The average molecular weight is 299 g/mol. The number of carbonyl (C=O) groups excluding carboxylic acids is 1. The van der Waals surface area contributed by atoms with Gasteiger partial charge in [-0.1, -0.05) is 56.3 Å². The second kappa shape index (κ2) is 9.61. The van der Waals surface area contributed by atoms with Gasteiger partial charge < -0.3 is 10.0 Å². The van der Waals surface area contributed by atoms with Crippen LogP contribution in [0.1, 0.15) is 31.4 Å². The minimum atomic E-state index is 0.127. The van der Waals surface area contributed by atoms with Crippen LogP contribution in [0, 0.1) is 0 Å². The third-order valence-electron chi connectivity index (χ3n) is 3.25. The molecule has 3 heteroatoms. The molecule has 0 fully saturated rings. The van der Waals surface area contributed by atoms with Crippen molar-refractivity contribution >= 4 is 5.91 Å². The lowest BCUT2D eigenvalue weighted by Crippen LogP contribution is -2.26. The highest BCUT2D eigenvalue weighted by molar-refractivity contribution is 5.76. The number of phenolic OH excluding ortho intramolecular Hbond substituents is 1. The van der Waals surface area contributed by atoms with E-state index >= 15 is 0 Å². The lowest BCUT2D eigenvalue weighted by atomic mass is 10.1. The van der Waals surface area contributed by atoms with Crippen molar-refractivity contribution in [2.45, 2.75) is 33.2 Å². The Morgan fingerprint density at radius 2 is 1.55 bits per heavy atom. The predicted octanol–water partition coefficient (Wildman–Crippen LogP) is 4.01. The molecule has 2 rings (SSSR count). The van der Waals surface area contributed by atoms with E-state index in [0.717, 1.165) is 11.1 Å². The summed E-state index contributed by atoms with van der Waals surface area (Å²) in [5.41, 5.74) is 2.19. The van der Waals surface area contributed by atoms with Gasteiger partial charge in [0.2, 0.25) is 5.91 Å². The summed E-state index contributed by atoms with van der Waals surface area (Å²) >= 11 is 0. The molecule has 0 radical (unpaired) electrons. The largest absolute Gasteiger partial charge is 0.508 e. The Hall–Kier alpha value is -2.29. The van der Waals surface area contributed by atoms with E-state index in [0.29, 0.717) is 19.4 Å². The first-order valence-corrected chi connectivity index (χ1v) is 7.71. The highest BCUT2D eigenvalue weighted by Crippen LogP contribution is 2.12. The summed E-state index contributed by atoms with van der Waals surface area (Å²) in [4.78, 5) is 13.8. The van der Waals surface area contributed by atoms with Crippen LogP contribution in [-0.2, 0) is 17.8 Å². The molecule has 1 N–H and O–H groups in total. The van der Waals surface area contributed by atoms with Crippen molar-refractivity contribution in [3.05, 3.63) is 65.7 Å². The van der Waals surface area contributed by atoms with Gasteiger partial charge in [0.1, 0.15) is 5.75 Å². The minimum absolute atomic E-state index is 0.127. The molecule has 0 heterocycles. The first-order chi connectivity index (χ1) is 10.6. The van der Waals surface area contributed by atoms with Crippen molar-refractivity contribution in [2.24, 2.45) is 0 Å². The van der Waals surface area contributed by atoms with Gasteiger partial charge in [0, 0.05) is 20.0 Å². The van der Waals surface area contributed by atoms with Crippen LogP contribution in [0.3, 0.4) is 0 Å². The molecular formula is C19H25NO2. The van der Waals surface area contributed by atoms with Gasteiger partial charge in [-0.15, -0.1) is 0 Å². The van der Waals surface area contributed by atoms with Crippen LogP contribution in [0.4, 0.5) is 0 Å². The highest BCUT2D eigenvalue weighted by atomic mass is 16.3. The number of rotatable bonds is 5. The van der Waals surface area contributed by atoms with E-state index < -0.39 is 0 Å². The highest BCUT2D eigenvalue weighted by Gasteiger charge is 2.09. The molecule has 3 nitrogen and oxygen atoms in total. The van der Waals surface area contributed by atoms with Gasteiger partial charge in [0.15, 0.2) is 0 Å². The van der Waals surface area contributed by atoms with Crippen LogP contribution in [-0.4, -0.2) is 23.0 Å². The standard InChI is InChI=1S/C17H19NO2.C2H6/c1-18(13-15-5-3-2-4-6-15)17(20)12-9-14-7-10-16(19)11-8-14;1-2/h2-8,10-11,19H,9,12-13H2,1H3;1-2H3. The van der Waals surface area contributed by atoms with E-state index in [1.54, 1.807) is 17.0 Å². The van der Waals surface area contributed by atoms with Crippen LogP contribution in [0.2, 0.25) is 0 Å². The van der Waals surface area contributed by atoms with Gasteiger partial charge in [-0.3, -0.25) is 4.79 Å². The monoisotopic (exact) mass is 299 g/mol. The Bertz CT molecular complexity index is 549. The number of benzene rings is 2. The molecule has 0 spiro atoms. The number of phenols is 1. The third kappa shape index (κ3) is 6.00. The number of amides is 1. The van der Waals surface area contributed by atoms with E-state index in [1.165, 1.54) is 0 Å². The molecule has 0 aliphatic carbocycles. The Morgan fingerprint density at radius 3 is 2.14 bits per heavy atom. The zero-order valence-corrected chi connectivity index (χ0v) is 13.6. The van der Waals surface area contributed by atoms with Crippen molar-refractivity contribution in [2.75, 3.05) is 7.05 Å². The SMILES string of the molecule is CC.CN(Cc1ccccc1)C(=O)CCc1ccc(O)cc1. The number of hydrogen-bond donors (Lipinski definition) is 1. The van der Waals surface area contributed by atoms with E-state index in [-0.39, 0.29) is 11.7 Å². The maximum Gasteiger partial charge on any atom is 0.222 e. The number of carbonyl (C=O) groups is 1. The van der Waals surface area contributed by atoms with Crippen molar-refractivity contribution < 1.29 is 9.90 Å². The van der Waals surface area contributed by atoms with Crippen LogP contribution in [0.15, 0.2) is 54.6 Å². The lowest BCUT2D eigenvalue weighted by molar-refractivity contribution is -0.130. The summed E-state index contributed by atoms with van der Waals surface area (Å²) in [5.74, 6) is 0.378. The molecule has 0 saturated carbocycles. The minimum Gasteiger partial charge on any atom is -0.508 e. The Labute approximate surface area is 133 Å². The van der Waals surface area contributed by atoms with Crippen LogP contribution in [0.5, 0.6) is 5.75 Å². The average Bonchev–Trinajstić information content (AvgIpc) is 2.57. The summed E-state index contributed by atoms with van der Waals surface area (Å²) in [5, 5.41) is 9.21. The Kier molecular flexibility index (Phi) is 7.76. The van der Waals surface area contributed by atoms with E-state index in [9.17, 15) is 9.90 Å². The van der Waals surface area contributed by atoms with Gasteiger partial charge in [-0.05, 0) is 29.7 Å². The zero-order chi connectivity index (χ0) is 16.4. The lowest BCUT2D eigenvalue weighted by Gasteiger charge is -2.17. The van der Waals surface area contributed by atoms with Crippen LogP contribution < -0.4 is 0 Å². The van der Waals surface area contributed by atoms with E-state index in [2.05, 4.69) is 0 Å². The molecule has 0 bridgehead atoms. The third-order valence-corrected chi connectivity index (χ3v) is 3.25. The van der Waals surface area contributed by atoms with Crippen LogP contribution in [0.25, 0.3) is 0 Å². The van der Waals surface area contributed by atoms with Gasteiger partial charge in [-0.2, -0.15) is 0 Å².